The summed E-state index contributed by atoms with van der Waals surface area (Å²) in [6, 6.07) is 9.37. The molecule has 0 heterocycles. The predicted molar refractivity (Wildman–Crippen MR) is 81.6 cm³/mol. The molecule has 0 aliphatic rings. The maximum absolute atomic E-state index is 10.5. The molecule has 0 radical (unpaired) electrons. The van der Waals surface area contributed by atoms with Gasteiger partial charge in [0.1, 0.15) is 6.61 Å². The van der Waals surface area contributed by atoms with Crippen LogP contribution in [0, 0.1) is 12.3 Å². The highest BCUT2D eigenvalue weighted by molar-refractivity contribution is 5.87. The lowest BCUT2D eigenvalue weighted by Gasteiger charge is -1.99. The fourth-order valence-electron chi connectivity index (χ4n) is 1.12. The zero-order valence-corrected chi connectivity index (χ0v) is 12.6. The topological polar surface area (TPSA) is 26.3 Å². The lowest BCUT2D eigenvalue weighted by Crippen LogP contribution is -2.00. The summed E-state index contributed by atoms with van der Waals surface area (Å²) in [5.74, 6) is 1.25. The number of terminal acetylenes is 1. The van der Waals surface area contributed by atoms with E-state index in [1.165, 1.54) is 19.3 Å². The molecule has 0 unspecified atom stereocenters. The molecule has 0 aliphatic heterocycles. The van der Waals surface area contributed by atoms with Crippen LogP contribution < -0.4 is 0 Å². The predicted octanol–water partition coefficient (Wildman–Crippen LogP) is 4.59. The molecule has 0 saturated heterocycles. The van der Waals surface area contributed by atoms with E-state index >= 15 is 0 Å². The van der Waals surface area contributed by atoms with Crippen molar-refractivity contribution in [3.63, 3.8) is 0 Å². The minimum absolute atomic E-state index is 0.240. The molecule has 19 heavy (non-hydrogen) atoms. The van der Waals surface area contributed by atoms with Crippen molar-refractivity contribution in [1.29, 1.82) is 0 Å². The average molecular weight is 262 g/mol. The summed E-state index contributed by atoms with van der Waals surface area (Å²) < 4.78 is 4.70. The standard InChI is InChI=1S/C10H8O2.C5H12.C2H6/c1-2-10(11)12-8-9-6-4-3-5-7-9;1-3-5-4-2;1-2/h1,3-7H,8H2;3-5H2,1-2H3;1-2H3. The van der Waals surface area contributed by atoms with E-state index in [1.807, 2.05) is 50.1 Å². The Hall–Kier alpha value is -1.75. The SMILES string of the molecule is C#CC(=O)OCc1ccccc1.CC.CCCCC. The van der Waals surface area contributed by atoms with Crippen molar-refractivity contribution < 1.29 is 9.53 Å². The van der Waals surface area contributed by atoms with E-state index in [0.717, 1.165) is 5.56 Å². The monoisotopic (exact) mass is 262 g/mol. The Morgan fingerprint density at radius 1 is 1.16 bits per heavy atom. The van der Waals surface area contributed by atoms with Crippen LogP contribution in [-0.2, 0) is 16.1 Å². The molecule has 0 aliphatic carbocycles. The molecule has 0 N–H and O–H groups in total. The van der Waals surface area contributed by atoms with Gasteiger partial charge in [0, 0.05) is 5.92 Å². The molecule has 0 aromatic heterocycles. The van der Waals surface area contributed by atoms with E-state index in [4.69, 9.17) is 11.2 Å². The average Bonchev–Trinajstić information content (AvgIpc) is 2.49. The number of hydrogen-bond donors (Lipinski definition) is 0. The van der Waals surface area contributed by atoms with Crippen molar-refractivity contribution in [1.82, 2.24) is 0 Å². The highest BCUT2D eigenvalue weighted by Crippen LogP contribution is 1.99. The van der Waals surface area contributed by atoms with Crippen LogP contribution in [0.5, 0.6) is 0 Å². The van der Waals surface area contributed by atoms with Crippen molar-refractivity contribution in [3.05, 3.63) is 35.9 Å². The van der Waals surface area contributed by atoms with Crippen LogP contribution in [0.15, 0.2) is 30.3 Å². The van der Waals surface area contributed by atoms with Crippen LogP contribution in [0.2, 0.25) is 0 Å². The van der Waals surface area contributed by atoms with Crippen LogP contribution in [0.4, 0.5) is 0 Å². The van der Waals surface area contributed by atoms with Gasteiger partial charge in [-0.15, -0.1) is 6.42 Å². The lowest BCUT2D eigenvalue weighted by atomic mass is 10.2. The molecule has 106 valence electrons. The number of hydrogen-bond acceptors (Lipinski definition) is 2. The number of esters is 1. The van der Waals surface area contributed by atoms with Gasteiger partial charge in [-0.05, 0) is 5.56 Å². The fourth-order valence-corrected chi connectivity index (χ4v) is 1.12. The van der Waals surface area contributed by atoms with Crippen molar-refractivity contribution in [2.24, 2.45) is 0 Å². The number of rotatable bonds is 4. The van der Waals surface area contributed by atoms with Crippen molar-refractivity contribution in [2.75, 3.05) is 0 Å². The van der Waals surface area contributed by atoms with Gasteiger partial charge in [0.25, 0.3) is 0 Å². The Morgan fingerprint density at radius 2 is 1.68 bits per heavy atom. The maximum atomic E-state index is 10.5. The van der Waals surface area contributed by atoms with Crippen LogP contribution in [0.3, 0.4) is 0 Å². The van der Waals surface area contributed by atoms with Gasteiger partial charge in [-0.2, -0.15) is 0 Å². The van der Waals surface area contributed by atoms with Crippen LogP contribution >= 0.6 is 0 Å². The van der Waals surface area contributed by atoms with E-state index in [0.29, 0.717) is 0 Å². The summed E-state index contributed by atoms with van der Waals surface area (Å²) in [5.41, 5.74) is 0.932. The summed E-state index contributed by atoms with van der Waals surface area (Å²) in [6.07, 6.45) is 8.89. The normalized spacial score (nSPS) is 7.95. The fraction of sp³-hybridized carbons (Fsp3) is 0.471. The van der Waals surface area contributed by atoms with Gasteiger partial charge in [-0.25, -0.2) is 4.79 Å². The Bertz CT molecular complexity index is 334. The van der Waals surface area contributed by atoms with Gasteiger partial charge in [-0.1, -0.05) is 77.3 Å². The van der Waals surface area contributed by atoms with Gasteiger partial charge in [0.2, 0.25) is 0 Å². The summed E-state index contributed by atoms with van der Waals surface area (Å²) in [4.78, 5) is 10.5. The highest BCUT2D eigenvalue weighted by Gasteiger charge is 1.96. The van der Waals surface area contributed by atoms with Crippen LogP contribution in [0.1, 0.15) is 52.5 Å². The molecule has 1 rings (SSSR count). The second kappa shape index (κ2) is 16.2. The van der Waals surface area contributed by atoms with E-state index in [-0.39, 0.29) is 6.61 Å². The first-order chi connectivity index (χ1) is 9.24. The largest absolute Gasteiger partial charge is 0.451 e. The van der Waals surface area contributed by atoms with Gasteiger partial charge in [0.05, 0.1) is 0 Å². The minimum atomic E-state index is -0.626. The summed E-state index contributed by atoms with van der Waals surface area (Å²) >= 11 is 0. The molecule has 0 saturated carbocycles. The smallest absolute Gasteiger partial charge is 0.384 e. The quantitative estimate of drug-likeness (QED) is 0.451. The third-order valence-electron chi connectivity index (χ3n) is 2.04. The van der Waals surface area contributed by atoms with Crippen LogP contribution in [-0.4, -0.2) is 5.97 Å². The number of carbonyl (C=O) groups excluding carboxylic acids is 1. The number of unbranched alkanes of at least 4 members (excludes halogenated alkanes) is 2. The number of carbonyl (C=O) groups is 1. The highest BCUT2D eigenvalue weighted by atomic mass is 16.5. The zero-order chi connectivity index (χ0) is 14.9. The third-order valence-corrected chi connectivity index (χ3v) is 2.04. The van der Waals surface area contributed by atoms with Gasteiger partial charge >= 0.3 is 5.97 Å². The summed E-state index contributed by atoms with van der Waals surface area (Å²) in [5, 5.41) is 0. The van der Waals surface area contributed by atoms with E-state index < -0.39 is 5.97 Å². The molecule has 1 aromatic rings. The molecule has 1 aromatic carbocycles. The summed E-state index contributed by atoms with van der Waals surface area (Å²) in [6.45, 7) is 8.66. The minimum Gasteiger partial charge on any atom is -0.451 e. The Labute approximate surface area is 118 Å². The molecule has 0 spiro atoms. The van der Waals surface area contributed by atoms with E-state index in [1.54, 1.807) is 0 Å². The molecule has 2 heteroatoms. The van der Waals surface area contributed by atoms with Crippen molar-refractivity contribution in [2.45, 2.75) is 53.6 Å². The molecule has 0 fully saturated rings. The van der Waals surface area contributed by atoms with Crippen LogP contribution in [0.25, 0.3) is 0 Å². The second-order valence-electron chi connectivity index (χ2n) is 3.56. The first kappa shape index (κ1) is 19.6. The Balaban J connectivity index is 0. The molecule has 0 bridgehead atoms. The Morgan fingerprint density at radius 3 is 2.05 bits per heavy atom. The number of ether oxygens (including phenoxy) is 1. The van der Waals surface area contributed by atoms with Gasteiger partial charge < -0.3 is 4.74 Å². The van der Waals surface area contributed by atoms with Gasteiger partial charge in [-0.3, -0.25) is 0 Å². The van der Waals surface area contributed by atoms with Crippen molar-refractivity contribution >= 4 is 5.97 Å². The van der Waals surface area contributed by atoms with Gasteiger partial charge in [0.15, 0.2) is 0 Å². The zero-order valence-electron chi connectivity index (χ0n) is 12.6. The third kappa shape index (κ3) is 14.2. The second-order valence-corrected chi connectivity index (χ2v) is 3.56. The Kier molecular flexibility index (Phi) is 16.8. The van der Waals surface area contributed by atoms with Crippen molar-refractivity contribution in [3.8, 4) is 12.3 Å². The molecule has 2 nitrogen and oxygen atoms in total. The number of benzene rings is 1. The first-order valence-electron chi connectivity index (χ1n) is 6.91. The first-order valence-corrected chi connectivity index (χ1v) is 6.91. The molecular formula is C17H26O2. The lowest BCUT2D eigenvalue weighted by molar-refractivity contribution is -0.137. The molecule has 0 amide bonds. The van der Waals surface area contributed by atoms with E-state index in [2.05, 4.69) is 13.8 Å². The maximum Gasteiger partial charge on any atom is 0.384 e. The molecular weight excluding hydrogens is 236 g/mol. The summed E-state index contributed by atoms with van der Waals surface area (Å²) in [7, 11) is 0. The van der Waals surface area contributed by atoms with E-state index in [9.17, 15) is 4.79 Å². The molecule has 0 atom stereocenters.